The van der Waals surface area contributed by atoms with Crippen molar-refractivity contribution >= 4 is 26.7 Å². The molecule has 8 heteroatoms. The van der Waals surface area contributed by atoms with Gasteiger partial charge in [0.05, 0.1) is 25.0 Å². The van der Waals surface area contributed by atoms with Crippen LogP contribution in [0.2, 0.25) is 0 Å². The molecule has 7 nitrogen and oxygen atoms in total. The van der Waals surface area contributed by atoms with Crippen molar-refractivity contribution in [1.82, 2.24) is 14.6 Å². The summed E-state index contributed by atoms with van der Waals surface area (Å²) < 4.78 is 30.7. The number of nitrogens with one attached hydrogen (secondary N) is 1. The van der Waals surface area contributed by atoms with Crippen molar-refractivity contribution in [2.24, 2.45) is 5.92 Å². The van der Waals surface area contributed by atoms with Crippen LogP contribution in [-0.2, 0) is 14.8 Å². The van der Waals surface area contributed by atoms with Gasteiger partial charge in [0.25, 0.3) is 5.91 Å². The molecule has 0 bridgehead atoms. The highest BCUT2D eigenvalue weighted by molar-refractivity contribution is 7.89. The number of amides is 1. The van der Waals surface area contributed by atoms with Crippen LogP contribution < -0.4 is 5.32 Å². The lowest BCUT2D eigenvalue weighted by molar-refractivity contribution is 0.0921. The van der Waals surface area contributed by atoms with Crippen LogP contribution in [0.15, 0.2) is 36.5 Å². The van der Waals surface area contributed by atoms with Crippen LogP contribution >= 0.6 is 0 Å². The molecule has 1 N–H and O–H groups in total. The second kappa shape index (κ2) is 7.07. The number of carbonyl (C=O) groups excluding carboxylic acids is 1. The average molecular weight is 363 g/mol. The molecule has 134 valence electrons. The zero-order valence-electron chi connectivity index (χ0n) is 14.2. The smallest absolute Gasteiger partial charge is 0.270 e. The monoisotopic (exact) mass is 363 g/mol. The molecular formula is C17H21N3O4S. The molecule has 1 fully saturated rings. The van der Waals surface area contributed by atoms with E-state index in [1.807, 2.05) is 24.3 Å². The highest BCUT2D eigenvalue weighted by Gasteiger charge is 2.34. The fraction of sp³-hybridized carbons (Fsp3) is 0.412. The van der Waals surface area contributed by atoms with E-state index >= 15 is 0 Å². The molecule has 0 unspecified atom stereocenters. The van der Waals surface area contributed by atoms with E-state index in [9.17, 15) is 13.2 Å². The van der Waals surface area contributed by atoms with Gasteiger partial charge in [-0.2, -0.15) is 0 Å². The van der Waals surface area contributed by atoms with E-state index in [0.29, 0.717) is 18.9 Å². The van der Waals surface area contributed by atoms with E-state index in [4.69, 9.17) is 4.74 Å². The number of nitrogens with zero attached hydrogens (tertiary/aromatic N) is 2. The van der Waals surface area contributed by atoms with E-state index in [1.54, 1.807) is 12.3 Å². The molecule has 25 heavy (non-hydrogen) atoms. The number of ether oxygens (including phenoxy) is 1. The van der Waals surface area contributed by atoms with Crippen LogP contribution in [0, 0.1) is 5.92 Å². The van der Waals surface area contributed by atoms with Gasteiger partial charge in [-0.05, 0) is 11.5 Å². The number of benzene rings is 1. The largest absolute Gasteiger partial charge is 0.379 e. The second-order valence-corrected chi connectivity index (χ2v) is 8.58. The minimum absolute atomic E-state index is 0.0594. The number of pyridine rings is 1. The van der Waals surface area contributed by atoms with E-state index in [1.165, 1.54) is 18.4 Å². The predicted octanol–water partition coefficient (Wildman–Crippen LogP) is 0.871. The molecule has 1 aliphatic heterocycles. The molecule has 1 aromatic carbocycles. The maximum absolute atomic E-state index is 12.5. The minimum atomic E-state index is -3.36. The molecule has 2 atom stereocenters. The number of hydrogen-bond donors (Lipinski definition) is 1. The normalized spacial score (nSPS) is 20.9. The third-order valence-electron chi connectivity index (χ3n) is 4.36. The molecule has 0 saturated carbocycles. The molecule has 0 aliphatic carbocycles. The number of carbonyl (C=O) groups is 1. The Bertz CT molecular complexity index is 882. The maximum Gasteiger partial charge on any atom is 0.270 e. The molecule has 0 spiro atoms. The van der Waals surface area contributed by atoms with Crippen LogP contribution in [0.4, 0.5) is 0 Å². The van der Waals surface area contributed by atoms with Crippen molar-refractivity contribution in [2.45, 2.75) is 6.04 Å². The fourth-order valence-electron chi connectivity index (χ4n) is 2.79. The van der Waals surface area contributed by atoms with Gasteiger partial charge in [-0.15, -0.1) is 0 Å². The standard InChI is InChI=1S/C17H21N3O4S/c1-20(2)25(22,23)11-14-9-24-10-16(14)19-17(21)15-7-12-5-3-4-6-13(12)8-18-15/h3-8,14,16H,9-11H2,1-2H3,(H,19,21)/t14-,16+/m0/s1. The van der Waals surface area contributed by atoms with E-state index in [-0.39, 0.29) is 23.6 Å². The lowest BCUT2D eigenvalue weighted by atomic mass is 10.1. The number of sulfonamides is 1. The van der Waals surface area contributed by atoms with Crippen LogP contribution in [0.5, 0.6) is 0 Å². The Morgan fingerprint density at radius 1 is 1.28 bits per heavy atom. The molecule has 1 amide bonds. The van der Waals surface area contributed by atoms with Gasteiger partial charge in [0.2, 0.25) is 10.0 Å². The van der Waals surface area contributed by atoms with Gasteiger partial charge in [-0.25, -0.2) is 12.7 Å². The summed E-state index contributed by atoms with van der Waals surface area (Å²) in [6.45, 7) is 0.607. The molecule has 1 aliphatic rings. The van der Waals surface area contributed by atoms with Crippen LogP contribution in [0.25, 0.3) is 10.8 Å². The third kappa shape index (κ3) is 3.97. The number of rotatable bonds is 5. The molecule has 2 aromatic rings. The quantitative estimate of drug-likeness (QED) is 0.852. The fourth-order valence-corrected chi connectivity index (χ4v) is 3.96. The Labute approximate surface area is 147 Å². The number of fused-ring (bicyclic) bond motifs is 1. The van der Waals surface area contributed by atoms with Crippen molar-refractivity contribution in [1.29, 1.82) is 0 Å². The predicted molar refractivity (Wildman–Crippen MR) is 94.8 cm³/mol. The number of hydrogen-bond acceptors (Lipinski definition) is 5. The molecule has 2 heterocycles. The van der Waals surface area contributed by atoms with E-state index in [0.717, 1.165) is 10.8 Å². The summed E-state index contributed by atoms with van der Waals surface area (Å²) in [5, 5.41) is 4.75. The highest BCUT2D eigenvalue weighted by atomic mass is 32.2. The van der Waals surface area contributed by atoms with Gasteiger partial charge in [0.15, 0.2) is 0 Å². The SMILES string of the molecule is CN(C)S(=O)(=O)C[C@@H]1COC[C@H]1NC(=O)c1cc2ccccc2cn1. The van der Waals surface area contributed by atoms with Crippen molar-refractivity contribution in [3.8, 4) is 0 Å². The van der Waals surface area contributed by atoms with Crippen LogP contribution in [0.3, 0.4) is 0 Å². The minimum Gasteiger partial charge on any atom is -0.379 e. The Balaban J connectivity index is 1.72. The average Bonchev–Trinajstić information content (AvgIpc) is 3.00. The van der Waals surface area contributed by atoms with Crippen molar-refractivity contribution in [2.75, 3.05) is 33.1 Å². The first-order valence-corrected chi connectivity index (χ1v) is 9.61. The first kappa shape index (κ1) is 17.8. The Kier molecular flexibility index (Phi) is 5.03. The summed E-state index contributed by atoms with van der Waals surface area (Å²) in [5.74, 6) is -0.666. The molecule has 1 saturated heterocycles. The Hall–Kier alpha value is -2.03. The summed E-state index contributed by atoms with van der Waals surface area (Å²) in [5.41, 5.74) is 0.305. The van der Waals surface area contributed by atoms with Crippen LogP contribution in [-0.4, -0.2) is 62.7 Å². The Morgan fingerprint density at radius 2 is 2.00 bits per heavy atom. The van der Waals surface area contributed by atoms with Gasteiger partial charge in [0.1, 0.15) is 5.69 Å². The maximum atomic E-state index is 12.5. The second-order valence-electron chi connectivity index (χ2n) is 6.36. The zero-order chi connectivity index (χ0) is 18.0. The van der Waals surface area contributed by atoms with Crippen molar-refractivity contribution in [3.05, 3.63) is 42.2 Å². The summed E-state index contributed by atoms with van der Waals surface area (Å²) in [4.78, 5) is 16.7. The van der Waals surface area contributed by atoms with Gasteiger partial charge < -0.3 is 10.1 Å². The highest BCUT2D eigenvalue weighted by Crippen LogP contribution is 2.18. The summed E-state index contributed by atoms with van der Waals surface area (Å²) in [6, 6.07) is 9.03. The summed E-state index contributed by atoms with van der Waals surface area (Å²) in [6.07, 6.45) is 1.66. The molecule has 1 aromatic heterocycles. The third-order valence-corrected chi connectivity index (χ3v) is 6.32. The molecule has 0 radical (unpaired) electrons. The summed E-state index contributed by atoms with van der Waals surface area (Å²) in [7, 11) is -0.362. The topological polar surface area (TPSA) is 88.6 Å². The van der Waals surface area contributed by atoms with Crippen molar-refractivity contribution in [3.63, 3.8) is 0 Å². The van der Waals surface area contributed by atoms with E-state index < -0.39 is 10.0 Å². The van der Waals surface area contributed by atoms with Gasteiger partial charge >= 0.3 is 0 Å². The van der Waals surface area contributed by atoms with Gasteiger partial charge in [-0.1, -0.05) is 24.3 Å². The Morgan fingerprint density at radius 3 is 2.72 bits per heavy atom. The first-order valence-electron chi connectivity index (χ1n) is 8.00. The molecule has 3 rings (SSSR count). The van der Waals surface area contributed by atoms with Gasteiger partial charge in [-0.3, -0.25) is 9.78 Å². The van der Waals surface area contributed by atoms with Crippen LogP contribution in [0.1, 0.15) is 10.5 Å². The van der Waals surface area contributed by atoms with E-state index in [2.05, 4.69) is 10.3 Å². The van der Waals surface area contributed by atoms with Gasteiger partial charge in [0, 0.05) is 31.6 Å². The molecular weight excluding hydrogens is 342 g/mol. The number of aromatic nitrogens is 1. The first-order chi connectivity index (χ1) is 11.9. The summed E-state index contributed by atoms with van der Waals surface area (Å²) >= 11 is 0. The lowest BCUT2D eigenvalue weighted by Gasteiger charge is -2.20. The lowest BCUT2D eigenvalue weighted by Crippen LogP contribution is -2.43. The zero-order valence-corrected chi connectivity index (χ0v) is 15.0. The van der Waals surface area contributed by atoms with Crippen molar-refractivity contribution < 1.29 is 17.9 Å².